The molecule has 0 radical (unpaired) electrons. The van der Waals surface area contributed by atoms with Crippen molar-refractivity contribution < 1.29 is 87.3 Å². The molecular weight excluding hydrogens is 1010 g/mol. The summed E-state index contributed by atoms with van der Waals surface area (Å²) in [5, 5.41) is 55.7. The number of phenols is 3. The van der Waals surface area contributed by atoms with Crippen molar-refractivity contribution in [2.75, 3.05) is 13.2 Å². The molecule has 13 rings (SSSR count). The molecule has 8 unspecified atom stereocenters. The molecule has 5 aliphatic carbocycles. The van der Waals surface area contributed by atoms with E-state index in [1.807, 2.05) is 19.9 Å². The molecule has 0 bridgehead atoms. The van der Waals surface area contributed by atoms with Crippen molar-refractivity contribution >= 4 is 23.7 Å². The van der Waals surface area contributed by atoms with Gasteiger partial charge in [0.15, 0.2) is 11.9 Å². The third kappa shape index (κ3) is 7.67. The molecule has 2 aromatic carbocycles. The molecule has 0 aromatic heterocycles. The maximum absolute atomic E-state index is 14.3. The Morgan fingerprint density at radius 2 is 1.73 bits per heavy atom. The number of phenolic OH excluding ortho intramolecular Hbond substituents is 3. The zero-order valence-electron chi connectivity index (χ0n) is 44.0. The smallest absolute Gasteiger partial charge is 0.343 e. The summed E-state index contributed by atoms with van der Waals surface area (Å²) in [6.07, 6.45) is 2.55. The first-order chi connectivity index (χ1) is 37.3. The fourth-order valence-corrected chi connectivity index (χ4v) is 15.8. The number of fused-ring (bicyclic) bond motifs is 5. The van der Waals surface area contributed by atoms with Crippen LogP contribution in [0.2, 0.25) is 0 Å². The Morgan fingerprint density at radius 1 is 0.910 bits per heavy atom. The second-order valence-electron chi connectivity index (χ2n) is 24.0. The highest BCUT2D eigenvalue weighted by molar-refractivity contribution is 6.01. The Hall–Kier alpha value is -5.86. The van der Waals surface area contributed by atoms with E-state index in [0.717, 1.165) is 35.6 Å². The molecule has 414 valence electrons. The predicted molar refractivity (Wildman–Crippen MR) is 272 cm³/mol. The zero-order valence-corrected chi connectivity index (χ0v) is 44.0. The van der Waals surface area contributed by atoms with Crippen molar-refractivity contribution in [1.29, 1.82) is 0 Å². The summed E-state index contributed by atoms with van der Waals surface area (Å²) < 4.78 is 57.4. The largest absolute Gasteiger partial charge is 0.508 e. The Balaban J connectivity index is 0.749. The van der Waals surface area contributed by atoms with Crippen LogP contribution in [0.3, 0.4) is 0 Å². The number of ether oxygens (including phenoxy) is 9. The van der Waals surface area contributed by atoms with Crippen LogP contribution in [0, 0.1) is 41.4 Å². The number of epoxide rings is 2. The summed E-state index contributed by atoms with van der Waals surface area (Å²) in [5.74, 6) is -4.54. The maximum atomic E-state index is 14.3. The van der Waals surface area contributed by atoms with Crippen LogP contribution in [-0.2, 0) is 57.0 Å². The number of esters is 3. The van der Waals surface area contributed by atoms with Crippen LogP contribution < -0.4 is 0 Å². The quantitative estimate of drug-likeness (QED) is 0.0532. The Kier molecular flexibility index (Phi) is 12.1. The Bertz CT molecular complexity index is 3050. The average molecular weight is 1080 g/mol. The number of carbonyl (C=O) groups excluding carboxylic acids is 4. The topological polar surface area (TPSA) is 259 Å². The normalized spacial score (nSPS) is 43.2. The summed E-state index contributed by atoms with van der Waals surface area (Å²) in [6, 6.07) is 7.94. The predicted octanol–water partition coefficient (Wildman–Crippen LogP) is 6.46. The molecule has 5 N–H and O–H groups in total. The number of aliphatic hydroxyl groups is 2. The molecule has 18 nitrogen and oxygen atoms in total. The number of aliphatic hydroxyl groups excluding tert-OH is 2. The van der Waals surface area contributed by atoms with Crippen LogP contribution in [-0.4, -0.2) is 134 Å². The minimum Gasteiger partial charge on any atom is -0.508 e. The molecule has 8 fully saturated rings. The second-order valence-corrected chi connectivity index (χ2v) is 24.0. The van der Waals surface area contributed by atoms with Gasteiger partial charge in [0.2, 0.25) is 12.6 Å². The maximum Gasteiger partial charge on any atom is 0.343 e. The summed E-state index contributed by atoms with van der Waals surface area (Å²) in [7, 11) is 0. The van der Waals surface area contributed by atoms with Gasteiger partial charge in [0.25, 0.3) is 0 Å². The van der Waals surface area contributed by atoms with Crippen molar-refractivity contribution in [3.8, 4) is 28.4 Å². The van der Waals surface area contributed by atoms with E-state index in [4.69, 9.17) is 42.6 Å². The molecule has 2 aromatic rings. The van der Waals surface area contributed by atoms with Gasteiger partial charge in [0.05, 0.1) is 31.0 Å². The second kappa shape index (κ2) is 18.3. The summed E-state index contributed by atoms with van der Waals surface area (Å²) >= 11 is 0. The van der Waals surface area contributed by atoms with E-state index < -0.39 is 83.1 Å². The van der Waals surface area contributed by atoms with Gasteiger partial charge < -0.3 is 68.2 Å². The fourth-order valence-electron chi connectivity index (χ4n) is 15.8. The van der Waals surface area contributed by atoms with Crippen molar-refractivity contribution in [2.24, 2.45) is 41.4 Å². The number of hydrogen-bond donors (Lipinski definition) is 5. The third-order valence-electron chi connectivity index (χ3n) is 20.0. The first kappa shape index (κ1) is 51.6. The zero-order chi connectivity index (χ0) is 54.5. The number of Topliss-reactive ketones (excluding diaryl/α,β-unsaturated/α-hetero) is 1. The molecule has 6 heterocycles. The van der Waals surface area contributed by atoms with Crippen LogP contribution >= 0.6 is 0 Å². The lowest BCUT2D eigenvalue weighted by Gasteiger charge is -2.45. The van der Waals surface area contributed by atoms with Crippen molar-refractivity contribution in [3.63, 3.8) is 0 Å². The number of benzene rings is 2. The third-order valence-corrected chi connectivity index (χ3v) is 20.0. The highest BCUT2D eigenvalue weighted by atomic mass is 16.8. The van der Waals surface area contributed by atoms with Crippen LogP contribution in [0.1, 0.15) is 95.8 Å². The summed E-state index contributed by atoms with van der Waals surface area (Å²) in [4.78, 5) is 54.3. The number of hydrogen-bond acceptors (Lipinski definition) is 18. The Morgan fingerprint density at radius 3 is 2.53 bits per heavy atom. The molecule has 3 saturated carbocycles. The van der Waals surface area contributed by atoms with Gasteiger partial charge >= 0.3 is 17.9 Å². The van der Waals surface area contributed by atoms with Gasteiger partial charge in [-0.2, -0.15) is 0 Å². The van der Waals surface area contributed by atoms with E-state index in [-0.39, 0.29) is 101 Å². The van der Waals surface area contributed by atoms with Gasteiger partial charge in [-0.05, 0) is 101 Å². The molecule has 2 spiro atoms. The summed E-state index contributed by atoms with van der Waals surface area (Å²) in [5.41, 5.74) is 1.70. The minimum atomic E-state index is -1.87. The molecular formula is C60H66O18. The molecule has 5 saturated heterocycles. The van der Waals surface area contributed by atoms with Gasteiger partial charge in [0.1, 0.15) is 70.1 Å². The van der Waals surface area contributed by atoms with Crippen LogP contribution in [0.5, 0.6) is 17.2 Å². The van der Waals surface area contributed by atoms with Crippen molar-refractivity contribution in [2.45, 2.75) is 157 Å². The van der Waals surface area contributed by atoms with Crippen LogP contribution in [0.4, 0.5) is 0 Å². The van der Waals surface area contributed by atoms with Gasteiger partial charge in [0, 0.05) is 71.1 Å². The van der Waals surface area contributed by atoms with Gasteiger partial charge in [-0.25, -0.2) is 9.59 Å². The van der Waals surface area contributed by atoms with E-state index in [9.17, 15) is 44.7 Å². The Labute approximate surface area is 450 Å². The van der Waals surface area contributed by atoms with Gasteiger partial charge in [-0.3, -0.25) is 9.59 Å². The molecule has 18 heteroatoms. The lowest BCUT2D eigenvalue weighted by atomic mass is 9.75. The minimum absolute atomic E-state index is 0.00535. The number of ketones is 1. The van der Waals surface area contributed by atoms with E-state index in [2.05, 4.69) is 26.5 Å². The van der Waals surface area contributed by atoms with Crippen LogP contribution in [0.15, 0.2) is 95.3 Å². The first-order valence-electron chi connectivity index (χ1n) is 27.5. The van der Waals surface area contributed by atoms with E-state index >= 15 is 0 Å². The number of aromatic hydroxyl groups is 3. The molecule has 6 aliphatic heterocycles. The molecule has 19 atom stereocenters. The SMILES string of the molecule is C=C[C@H]1[C@H](O[C@@H]2O[C@H](COC[C@]34CC[C@H]5/C(=C\C6=C(C)C7C8OC(=O)C(C)C8CCC8(C)OC78C6)C(=O)O[C@@H]5[C@H]5C(C)=CC[C@@]53O4)[C@@H](O)C(O)C2OC(=O)c2c(O)cc(O)cc2-c2cccc(O)c2)OC=C2C(=O)CCC[C@H]21. The lowest BCUT2D eigenvalue weighted by molar-refractivity contribution is -0.339. The monoisotopic (exact) mass is 1070 g/mol. The summed E-state index contributed by atoms with van der Waals surface area (Å²) in [6.45, 7) is 12.0. The van der Waals surface area contributed by atoms with E-state index in [1.165, 1.54) is 30.5 Å². The standard InChI is InChI=1S/C60H66O18/c1-6-34-36-11-8-12-41(63)40(36)24-71-55(34)76-56-51(75-54(69)44-38(21-33(62)22-42(44)64)30-9-7-10-32(61)19-30)48(66)47(65)43(72-56)25-70-26-58-17-15-37-39(53(68)74-50(37)45-27(2)13-18-59(45,58)78-58)20-31-23-60-46(28(31)3)49-35(29(4)52(67)73-49)14-16-57(60,5)77-60/h6-7,9-10,13,19-22,24,29,34-37,43,45-51,55-56,61-62,64-66H,1,8,11-12,14-18,23,25-26H2,2-5H3/b39-20+/t29?,34-,35?,36+,37+,43-,45-,46?,47-,48?,49?,50+,51?,55+,56+,57?,58-,59-,60?/m1/s1. The molecule has 11 aliphatic rings. The number of rotatable bonds is 11. The highest BCUT2D eigenvalue weighted by Gasteiger charge is 2.79. The van der Waals surface area contributed by atoms with E-state index in [0.29, 0.717) is 56.1 Å². The first-order valence-corrected chi connectivity index (χ1v) is 27.5. The lowest BCUT2D eigenvalue weighted by Crippen LogP contribution is -2.61. The molecule has 78 heavy (non-hydrogen) atoms. The number of carbonyl (C=O) groups is 4. The van der Waals surface area contributed by atoms with Crippen molar-refractivity contribution in [1.82, 2.24) is 0 Å². The van der Waals surface area contributed by atoms with Gasteiger partial charge in [-0.1, -0.05) is 42.4 Å². The highest BCUT2D eigenvalue weighted by Crippen LogP contribution is 2.70. The fraction of sp³-hybridized carbons (Fsp3) is 0.567. The molecule has 0 amide bonds. The van der Waals surface area contributed by atoms with Gasteiger partial charge in [-0.15, -0.1) is 6.58 Å². The number of allylic oxidation sites excluding steroid dienone is 2. The average Bonchev–Trinajstić information content (AvgIpc) is 2.66. The van der Waals surface area contributed by atoms with E-state index in [1.54, 1.807) is 12.1 Å². The van der Waals surface area contributed by atoms with Crippen LogP contribution in [0.25, 0.3) is 11.1 Å². The van der Waals surface area contributed by atoms with Crippen molar-refractivity contribution in [3.05, 3.63) is 101 Å².